The molecule has 1 rings (SSSR count). The molecule has 1 saturated heterocycles. The SMILES string of the molecule is CC/C=C\C/C=C\C/C=C\C/C=C\C/C=C\C/C=C\CCCCCOCC(COC1OC(CO)C(O)C(O)C1O)OC(=O)CCCCCCC/C=C\C/C=C\CCCC. The van der Waals surface area contributed by atoms with Gasteiger partial charge in [-0.3, -0.25) is 4.79 Å². The molecule has 0 amide bonds. The lowest BCUT2D eigenvalue weighted by Gasteiger charge is -2.39. The lowest BCUT2D eigenvalue weighted by Crippen LogP contribution is -2.59. The van der Waals surface area contributed by atoms with Gasteiger partial charge in [0.2, 0.25) is 0 Å². The second-order valence-electron chi connectivity index (χ2n) is 15.1. The van der Waals surface area contributed by atoms with Crippen LogP contribution in [0.3, 0.4) is 0 Å². The number of rotatable bonds is 37. The standard InChI is InChI=1S/C50H82O9/c1-3-5-7-9-11-13-15-17-19-20-21-22-23-24-25-26-28-30-32-34-36-38-40-56-42-44(43-57-50-49(55)48(54)47(53)45(41-51)59-50)58-46(52)39-37-35-33-31-29-27-18-16-14-12-10-8-6-4-2/h5,7,10-13,16-19,21-22,24-25,28,30,44-45,47-51,53-55H,3-4,6,8-9,14-15,20,23,26-27,29,31-43H2,1-2H3/b7-5-,12-10-,13-11-,18-16-,19-17-,22-21-,25-24-,30-28-. The van der Waals surface area contributed by atoms with Gasteiger partial charge in [-0.15, -0.1) is 0 Å². The number of hydrogen-bond donors (Lipinski definition) is 4. The Morgan fingerprint density at radius 2 is 1.03 bits per heavy atom. The molecule has 6 atom stereocenters. The minimum absolute atomic E-state index is 0.109. The molecule has 9 heteroatoms. The predicted molar refractivity (Wildman–Crippen MR) is 242 cm³/mol. The molecule has 1 heterocycles. The number of aliphatic hydroxyl groups is 4. The smallest absolute Gasteiger partial charge is 0.306 e. The maximum absolute atomic E-state index is 12.8. The van der Waals surface area contributed by atoms with Gasteiger partial charge in [-0.25, -0.2) is 0 Å². The molecule has 0 radical (unpaired) electrons. The zero-order chi connectivity index (χ0) is 42.9. The van der Waals surface area contributed by atoms with Crippen molar-refractivity contribution in [2.45, 2.75) is 185 Å². The Hall–Kier alpha value is -2.89. The van der Waals surface area contributed by atoms with Crippen molar-refractivity contribution in [1.29, 1.82) is 0 Å². The number of hydrogen-bond acceptors (Lipinski definition) is 9. The molecule has 0 aromatic heterocycles. The Bertz CT molecular complexity index is 1210. The number of esters is 1. The number of aliphatic hydroxyl groups excluding tert-OH is 4. The first-order valence-corrected chi connectivity index (χ1v) is 22.8. The zero-order valence-electron chi connectivity index (χ0n) is 36.7. The minimum Gasteiger partial charge on any atom is -0.457 e. The van der Waals surface area contributed by atoms with Gasteiger partial charge in [0, 0.05) is 13.0 Å². The van der Waals surface area contributed by atoms with Gasteiger partial charge >= 0.3 is 5.97 Å². The van der Waals surface area contributed by atoms with E-state index in [4.69, 9.17) is 18.9 Å². The van der Waals surface area contributed by atoms with Crippen LogP contribution < -0.4 is 0 Å². The summed E-state index contributed by atoms with van der Waals surface area (Å²) in [6.45, 7) is 4.27. The fourth-order valence-corrected chi connectivity index (χ4v) is 6.16. The summed E-state index contributed by atoms with van der Waals surface area (Å²) < 4.78 is 22.8. The van der Waals surface area contributed by atoms with Gasteiger partial charge in [0.15, 0.2) is 6.29 Å². The van der Waals surface area contributed by atoms with Crippen molar-refractivity contribution in [2.75, 3.05) is 26.4 Å². The quantitative estimate of drug-likeness (QED) is 0.0274. The summed E-state index contributed by atoms with van der Waals surface area (Å²) in [4.78, 5) is 12.8. The van der Waals surface area contributed by atoms with Crippen LogP contribution in [0.2, 0.25) is 0 Å². The normalized spacial score (nSPS) is 21.1. The van der Waals surface area contributed by atoms with E-state index in [-0.39, 0.29) is 25.6 Å². The monoisotopic (exact) mass is 827 g/mol. The van der Waals surface area contributed by atoms with Crippen LogP contribution >= 0.6 is 0 Å². The lowest BCUT2D eigenvalue weighted by atomic mass is 9.99. The molecular weight excluding hydrogens is 745 g/mol. The summed E-state index contributed by atoms with van der Waals surface area (Å²) in [7, 11) is 0. The van der Waals surface area contributed by atoms with E-state index < -0.39 is 43.4 Å². The van der Waals surface area contributed by atoms with Crippen molar-refractivity contribution in [2.24, 2.45) is 0 Å². The van der Waals surface area contributed by atoms with Crippen LogP contribution in [0.4, 0.5) is 0 Å². The first-order chi connectivity index (χ1) is 28.9. The zero-order valence-corrected chi connectivity index (χ0v) is 36.7. The van der Waals surface area contributed by atoms with Gasteiger partial charge in [-0.05, 0) is 89.9 Å². The fourth-order valence-electron chi connectivity index (χ4n) is 6.16. The lowest BCUT2D eigenvalue weighted by molar-refractivity contribution is -0.305. The summed E-state index contributed by atoms with van der Waals surface area (Å²) in [6.07, 6.45) is 48.6. The molecule has 0 aromatic carbocycles. The average Bonchev–Trinajstić information content (AvgIpc) is 3.24. The minimum atomic E-state index is -1.55. The molecule has 0 bridgehead atoms. The van der Waals surface area contributed by atoms with Crippen molar-refractivity contribution < 1.29 is 44.2 Å². The first-order valence-electron chi connectivity index (χ1n) is 22.8. The Labute approximate surface area is 358 Å². The van der Waals surface area contributed by atoms with Crippen LogP contribution in [0.1, 0.15) is 149 Å². The van der Waals surface area contributed by atoms with E-state index in [0.717, 1.165) is 116 Å². The van der Waals surface area contributed by atoms with Gasteiger partial charge < -0.3 is 39.4 Å². The van der Waals surface area contributed by atoms with E-state index in [1.807, 2.05) is 0 Å². The molecule has 336 valence electrons. The van der Waals surface area contributed by atoms with Gasteiger partial charge in [-0.2, -0.15) is 0 Å². The third kappa shape index (κ3) is 31.6. The van der Waals surface area contributed by atoms with Crippen molar-refractivity contribution in [3.8, 4) is 0 Å². The van der Waals surface area contributed by atoms with E-state index >= 15 is 0 Å². The molecule has 1 aliphatic heterocycles. The summed E-state index contributed by atoms with van der Waals surface area (Å²) in [5, 5.41) is 40.1. The average molecular weight is 827 g/mol. The maximum Gasteiger partial charge on any atom is 0.306 e. The summed E-state index contributed by atoms with van der Waals surface area (Å²) in [6, 6.07) is 0. The molecule has 9 nitrogen and oxygen atoms in total. The van der Waals surface area contributed by atoms with E-state index in [1.165, 1.54) is 12.8 Å². The van der Waals surface area contributed by atoms with E-state index in [0.29, 0.717) is 6.61 Å². The number of unbranched alkanes of at least 4 members (excludes halogenated alkanes) is 10. The molecule has 0 saturated carbocycles. The van der Waals surface area contributed by atoms with Crippen molar-refractivity contribution in [3.05, 3.63) is 97.2 Å². The number of ether oxygens (including phenoxy) is 4. The molecule has 6 unspecified atom stereocenters. The molecule has 4 N–H and O–H groups in total. The van der Waals surface area contributed by atoms with Crippen molar-refractivity contribution in [3.63, 3.8) is 0 Å². The molecule has 0 aliphatic carbocycles. The molecule has 0 aromatic rings. The number of carbonyl (C=O) groups excluding carboxylic acids is 1. The fraction of sp³-hybridized carbons (Fsp3) is 0.660. The predicted octanol–water partition coefficient (Wildman–Crippen LogP) is 10.4. The van der Waals surface area contributed by atoms with Crippen LogP contribution in [-0.4, -0.2) is 89.6 Å². The van der Waals surface area contributed by atoms with E-state index in [2.05, 4.69) is 111 Å². The summed E-state index contributed by atoms with van der Waals surface area (Å²) >= 11 is 0. The van der Waals surface area contributed by atoms with Gasteiger partial charge in [0.25, 0.3) is 0 Å². The largest absolute Gasteiger partial charge is 0.457 e. The van der Waals surface area contributed by atoms with Crippen LogP contribution in [0.25, 0.3) is 0 Å². The third-order valence-corrected chi connectivity index (χ3v) is 9.73. The second kappa shape index (κ2) is 40.5. The molecule has 1 fully saturated rings. The second-order valence-corrected chi connectivity index (χ2v) is 15.1. The topological polar surface area (TPSA) is 135 Å². The number of carbonyl (C=O) groups is 1. The Balaban J connectivity index is 2.31. The van der Waals surface area contributed by atoms with E-state index in [1.54, 1.807) is 0 Å². The highest BCUT2D eigenvalue weighted by atomic mass is 16.7. The Morgan fingerprint density at radius 1 is 0.559 bits per heavy atom. The highest BCUT2D eigenvalue weighted by Crippen LogP contribution is 2.22. The highest BCUT2D eigenvalue weighted by Gasteiger charge is 2.44. The molecule has 1 aliphatic rings. The van der Waals surface area contributed by atoms with Crippen LogP contribution in [0.5, 0.6) is 0 Å². The Kier molecular flexibility index (Phi) is 37.2. The number of allylic oxidation sites excluding steroid dienone is 16. The maximum atomic E-state index is 12.8. The van der Waals surface area contributed by atoms with Gasteiger partial charge in [0.05, 0.1) is 19.8 Å². The van der Waals surface area contributed by atoms with Crippen LogP contribution in [-0.2, 0) is 23.7 Å². The Morgan fingerprint density at radius 3 is 1.56 bits per heavy atom. The van der Waals surface area contributed by atoms with Gasteiger partial charge in [0.1, 0.15) is 30.5 Å². The van der Waals surface area contributed by atoms with Crippen LogP contribution in [0, 0.1) is 0 Å². The van der Waals surface area contributed by atoms with Gasteiger partial charge in [-0.1, -0.05) is 150 Å². The highest BCUT2D eigenvalue weighted by molar-refractivity contribution is 5.69. The molecule has 0 spiro atoms. The van der Waals surface area contributed by atoms with Crippen molar-refractivity contribution in [1.82, 2.24) is 0 Å². The summed E-state index contributed by atoms with van der Waals surface area (Å²) in [5.41, 5.74) is 0. The summed E-state index contributed by atoms with van der Waals surface area (Å²) in [5.74, 6) is -0.345. The molecule has 59 heavy (non-hydrogen) atoms. The first kappa shape index (κ1) is 54.1. The van der Waals surface area contributed by atoms with Crippen LogP contribution in [0.15, 0.2) is 97.2 Å². The van der Waals surface area contributed by atoms with E-state index in [9.17, 15) is 25.2 Å². The van der Waals surface area contributed by atoms with Crippen molar-refractivity contribution >= 4 is 5.97 Å². The third-order valence-electron chi connectivity index (χ3n) is 9.73. The molecular formula is C50H82O9.